The topological polar surface area (TPSA) is 79.5 Å². The van der Waals surface area contributed by atoms with Gasteiger partial charge in [0.05, 0.1) is 13.2 Å². The lowest BCUT2D eigenvalue weighted by molar-refractivity contribution is 0.122. The second-order valence-corrected chi connectivity index (χ2v) is 5.87. The lowest BCUT2D eigenvalue weighted by Gasteiger charge is -2.28. The second-order valence-electron chi connectivity index (χ2n) is 5.87. The minimum Gasteiger partial charge on any atom is -0.378 e. The van der Waals surface area contributed by atoms with Crippen molar-refractivity contribution in [3.8, 4) is 0 Å². The van der Waals surface area contributed by atoms with Crippen molar-refractivity contribution in [3.63, 3.8) is 0 Å². The average molecular weight is 306 g/mol. The third-order valence-corrected chi connectivity index (χ3v) is 4.49. The first kappa shape index (κ1) is 15.3. The van der Waals surface area contributed by atoms with Crippen LogP contribution < -0.4 is 16.0 Å². The Kier molecular flexibility index (Phi) is 4.94. The van der Waals surface area contributed by atoms with E-state index in [2.05, 4.69) is 32.0 Å². The van der Waals surface area contributed by atoms with Gasteiger partial charge in [0.2, 0.25) is 5.95 Å². The molecule has 1 aromatic heterocycles. The van der Waals surface area contributed by atoms with E-state index in [0.717, 1.165) is 51.0 Å². The van der Waals surface area contributed by atoms with Crippen molar-refractivity contribution in [1.29, 1.82) is 0 Å². The van der Waals surface area contributed by atoms with E-state index in [-0.39, 0.29) is 0 Å². The van der Waals surface area contributed by atoms with Crippen molar-refractivity contribution in [2.75, 3.05) is 61.9 Å². The maximum Gasteiger partial charge on any atom is 0.223 e. The van der Waals surface area contributed by atoms with Crippen LogP contribution in [0, 0.1) is 0 Å². The van der Waals surface area contributed by atoms with E-state index >= 15 is 0 Å². The van der Waals surface area contributed by atoms with Gasteiger partial charge in [-0.05, 0) is 25.9 Å². The number of nitrogen functional groups attached to an aromatic ring is 1. The largest absolute Gasteiger partial charge is 0.378 e. The summed E-state index contributed by atoms with van der Waals surface area (Å²) in [6.45, 7) is 8.61. The Morgan fingerprint density at radius 1 is 1.32 bits per heavy atom. The highest BCUT2D eigenvalue weighted by atomic mass is 16.5. The number of ether oxygens (including phenoxy) is 1. The summed E-state index contributed by atoms with van der Waals surface area (Å²) < 4.78 is 5.38. The molecule has 0 aromatic carbocycles. The highest BCUT2D eigenvalue weighted by Gasteiger charge is 2.23. The van der Waals surface area contributed by atoms with Gasteiger partial charge in [-0.3, -0.25) is 4.90 Å². The van der Waals surface area contributed by atoms with E-state index in [1.165, 1.54) is 19.4 Å². The van der Waals surface area contributed by atoms with Crippen molar-refractivity contribution in [3.05, 3.63) is 6.07 Å². The van der Waals surface area contributed by atoms with Crippen LogP contribution in [0.4, 0.5) is 17.6 Å². The molecule has 0 spiro atoms. The fraction of sp³-hybridized carbons (Fsp3) is 0.733. The number of hydrogen-bond donors (Lipinski definition) is 2. The lowest BCUT2D eigenvalue weighted by atomic mass is 10.2. The van der Waals surface area contributed by atoms with E-state index in [1.54, 1.807) is 0 Å². The zero-order chi connectivity index (χ0) is 15.4. The highest BCUT2D eigenvalue weighted by molar-refractivity contribution is 5.52. The van der Waals surface area contributed by atoms with Gasteiger partial charge in [0.1, 0.15) is 11.6 Å². The van der Waals surface area contributed by atoms with Crippen LogP contribution in [0.1, 0.15) is 19.8 Å². The number of rotatable bonds is 5. The first-order valence-corrected chi connectivity index (χ1v) is 8.21. The molecule has 7 heteroatoms. The fourth-order valence-corrected chi connectivity index (χ4v) is 3.26. The summed E-state index contributed by atoms with van der Waals surface area (Å²) in [6, 6.07) is 2.58. The van der Waals surface area contributed by atoms with Crippen molar-refractivity contribution in [2.45, 2.75) is 25.8 Å². The SMILES string of the molecule is CCN1CCC[C@H]1CNc1cc(N2CCOCC2)nc(N)n1. The molecule has 0 bridgehead atoms. The number of likely N-dealkylation sites (N-methyl/N-ethyl adjacent to an activating group) is 1. The van der Waals surface area contributed by atoms with Crippen LogP contribution in [0.5, 0.6) is 0 Å². The predicted octanol–water partition coefficient (Wildman–Crippen LogP) is 0.792. The zero-order valence-electron chi connectivity index (χ0n) is 13.3. The molecule has 3 rings (SSSR count). The normalized spacial score (nSPS) is 23.0. The van der Waals surface area contributed by atoms with E-state index in [9.17, 15) is 0 Å². The Labute approximate surface area is 131 Å². The summed E-state index contributed by atoms with van der Waals surface area (Å²) >= 11 is 0. The second kappa shape index (κ2) is 7.11. The summed E-state index contributed by atoms with van der Waals surface area (Å²) in [5.41, 5.74) is 5.87. The molecule has 0 radical (unpaired) electrons. The van der Waals surface area contributed by atoms with Gasteiger partial charge >= 0.3 is 0 Å². The van der Waals surface area contributed by atoms with Crippen molar-refractivity contribution < 1.29 is 4.74 Å². The van der Waals surface area contributed by atoms with E-state index in [0.29, 0.717) is 12.0 Å². The standard InChI is InChI=1S/C15H26N6O/c1-2-20-5-3-4-12(20)11-17-13-10-14(19-15(16)18-13)21-6-8-22-9-7-21/h10,12H,2-9,11H2,1H3,(H3,16,17,18,19)/t12-/m0/s1. The lowest BCUT2D eigenvalue weighted by Crippen LogP contribution is -2.37. The van der Waals surface area contributed by atoms with Crippen LogP contribution in [0.25, 0.3) is 0 Å². The van der Waals surface area contributed by atoms with Gasteiger partial charge in [-0.25, -0.2) is 0 Å². The summed E-state index contributed by atoms with van der Waals surface area (Å²) in [7, 11) is 0. The number of nitrogens with zero attached hydrogens (tertiary/aromatic N) is 4. The van der Waals surface area contributed by atoms with Gasteiger partial charge in [-0.2, -0.15) is 9.97 Å². The first-order valence-electron chi connectivity index (χ1n) is 8.21. The van der Waals surface area contributed by atoms with Crippen LogP contribution in [-0.2, 0) is 4.74 Å². The maximum absolute atomic E-state index is 5.87. The minimum absolute atomic E-state index is 0.324. The Hall–Kier alpha value is -1.60. The van der Waals surface area contributed by atoms with Crippen LogP contribution in [0.3, 0.4) is 0 Å². The van der Waals surface area contributed by atoms with Gasteiger partial charge in [0.25, 0.3) is 0 Å². The quantitative estimate of drug-likeness (QED) is 0.832. The van der Waals surface area contributed by atoms with Crippen molar-refractivity contribution in [2.24, 2.45) is 0 Å². The van der Waals surface area contributed by atoms with Gasteiger partial charge in [-0.15, -0.1) is 0 Å². The summed E-state index contributed by atoms with van der Waals surface area (Å²) in [4.78, 5) is 13.4. The monoisotopic (exact) mass is 306 g/mol. The molecule has 7 nitrogen and oxygen atoms in total. The molecular weight excluding hydrogens is 280 g/mol. The van der Waals surface area contributed by atoms with Gasteiger partial charge < -0.3 is 20.7 Å². The Morgan fingerprint density at radius 2 is 2.14 bits per heavy atom. The molecule has 2 aliphatic heterocycles. The number of likely N-dealkylation sites (tertiary alicyclic amines) is 1. The summed E-state index contributed by atoms with van der Waals surface area (Å²) in [5, 5.41) is 3.44. The van der Waals surface area contributed by atoms with Gasteiger partial charge in [-0.1, -0.05) is 6.92 Å². The molecule has 1 atom stereocenters. The molecular formula is C15H26N6O. The molecule has 0 amide bonds. The van der Waals surface area contributed by atoms with Crippen LogP contribution >= 0.6 is 0 Å². The molecule has 2 fully saturated rings. The smallest absolute Gasteiger partial charge is 0.223 e. The predicted molar refractivity (Wildman–Crippen MR) is 88.2 cm³/mol. The molecule has 3 N–H and O–H groups in total. The van der Waals surface area contributed by atoms with Gasteiger partial charge in [0.15, 0.2) is 0 Å². The molecule has 0 aliphatic carbocycles. The zero-order valence-corrected chi connectivity index (χ0v) is 13.3. The van der Waals surface area contributed by atoms with Crippen LogP contribution in [-0.4, -0.2) is 66.8 Å². The Bertz CT molecular complexity index is 491. The Morgan fingerprint density at radius 3 is 2.91 bits per heavy atom. The van der Waals surface area contributed by atoms with Gasteiger partial charge in [0, 0.05) is 31.7 Å². The molecule has 122 valence electrons. The number of anilines is 3. The van der Waals surface area contributed by atoms with Crippen molar-refractivity contribution in [1.82, 2.24) is 14.9 Å². The first-order chi connectivity index (χ1) is 10.8. The van der Waals surface area contributed by atoms with E-state index in [4.69, 9.17) is 10.5 Å². The van der Waals surface area contributed by atoms with Crippen molar-refractivity contribution >= 4 is 17.6 Å². The van der Waals surface area contributed by atoms with E-state index in [1.807, 2.05) is 6.07 Å². The summed E-state index contributed by atoms with van der Waals surface area (Å²) in [6.07, 6.45) is 2.53. The molecule has 0 unspecified atom stereocenters. The van der Waals surface area contributed by atoms with E-state index < -0.39 is 0 Å². The number of nitrogens with two attached hydrogens (primary N) is 1. The van der Waals surface area contributed by atoms with Crippen LogP contribution in [0.2, 0.25) is 0 Å². The number of morpholine rings is 1. The Balaban J connectivity index is 1.64. The molecule has 2 aliphatic rings. The maximum atomic E-state index is 5.87. The highest BCUT2D eigenvalue weighted by Crippen LogP contribution is 2.20. The third kappa shape index (κ3) is 3.59. The summed E-state index contributed by atoms with van der Waals surface area (Å²) in [5.74, 6) is 2.03. The molecule has 1 aromatic rings. The van der Waals surface area contributed by atoms with Crippen LogP contribution in [0.15, 0.2) is 6.07 Å². The molecule has 2 saturated heterocycles. The fourth-order valence-electron chi connectivity index (χ4n) is 3.26. The molecule has 0 saturated carbocycles. The molecule has 22 heavy (non-hydrogen) atoms. The number of hydrogen-bond acceptors (Lipinski definition) is 7. The molecule has 3 heterocycles. The average Bonchev–Trinajstić information content (AvgIpc) is 3.01. The minimum atomic E-state index is 0.324. The number of aromatic nitrogens is 2. The number of nitrogens with one attached hydrogen (secondary N) is 1. The third-order valence-electron chi connectivity index (χ3n) is 4.49.